The molecule has 1 aromatic heterocycles. The number of ether oxygens (including phenoxy) is 1. The maximum absolute atomic E-state index is 13.3. The molecule has 7 heteroatoms. The summed E-state index contributed by atoms with van der Waals surface area (Å²) < 4.78 is 5.37. The number of carbonyl (C=O) groups is 2. The Labute approximate surface area is 196 Å². The van der Waals surface area contributed by atoms with Gasteiger partial charge in [0, 0.05) is 5.56 Å². The first-order valence-electron chi connectivity index (χ1n) is 10.9. The molecule has 1 unspecified atom stereocenters. The molecule has 3 aromatic carbocycles. The molecule has 0 bridgehead atoms. The van der Waals surface area contributed by atoms with Crippen LogP contribution < -0.4 is 9.64 Å². The Kier molecular flexibility index (Phi) is 5.17. The molecule has 1 aliphatic heterocycles. The van der Waals surface area contributed by atoms with Gasteiger partial charge in [-0.15, -0.1) is 0 Å². The molecule has 1 aliphatic rings. The van der Waals surface area contributed by atoms with Gasteiger partial charge in [-0.3, -0.25) is 14.5 Å². The second-order valence-electron chi connectivity index (χ2n) is 8.33. The minimum absolute atomic E-state index is 0.00253. The number of fused-ring (bicyclic) bond motifs is 1. The number of anilines is 1. The maximum Gasteiger partial charge on any atom is 0.302 e. The van der Waals surface area contributed by atoms with Crippen LogP contribution in [0, 0.1) is 13.8 Å². The van der Waals surface area contributed by atoms with Crippen LogP contribution in [0.4, 0.5) is 5.95 Å². The molecule has 170 valence electrons. The van der Waals surface area contributed by atoms with Crippen LogP contribution in [0.5, 0.6) is 5.75 Å². The van der Waals surface area contributed by atoms with Crippen LogP contribution in [0.1, 0.15) is 28.3 Å². The summed E-state index contributed by atoms with van der Waals surface area (Å²) in [5, 5.41) is 11.2. The zero-order chi connectivity index (χ0) is 24.0. The van der Waals surface area contributed by atoms with E-state index in [1.165, 1.54) is 4.90 Å². The fourth-order valence-electron chi connectivity index (χ4n) is 4.30. The first kappa shape index (κ1) is 21.5. The van der Waals surface area contributed by atoms with Gasteiger partial charge in [-0.05, 0) is 54.8 Å². The minimum Gasteiger partial charge on any atom is -0.507 e. The smallest absolute Gasteiger partial charge is 0.302 e. The first-order valence-corrected chi connectivity index (χ1v) is 10.9. The molecule has 0 radical (unpaired) electrons. The van der Waals surface area contributed by atoms with Crippen LogP contribution in [0.2, 0.25) is 0 Å². The number of methoxy groups -OCH3 is 1. The van der Waals surface area contributed by atoms with Gasteiger partial charge in [-0.1, -0.05) is 42.5 Å². The quantitative estimate of drug-likeness (QED) is 0.263. The average molecular weight is 453 g/mol. The number of ketones is 1. The lowest BCUT2D eigenvalue weighted by molar-refractivity contribution is -0.132. The lowest BCUT2D eigenvalue weighted by Gasteiger charge is -2.23. The molecule has 7 nitrogen and oxygen atoms in total. The van der Waals surface area contributed by atoms with Gasteiger partial charge in [0.25, 0.3) is 5.78 Å². The van der Waals surface area contributed by atoms with Crippen molar-refractivity contribution in [1.29, 1.82) is 0 Å². The number of aliphatic hydroxyl groups is 1. The number of Topliss-reactive ketones (excluding diaryl/α,β-unsaturated/α-hetero) is 1. The molecule has 0 aliphatic carbocycles. The van der Waals surface area contributed by atoms with Crippen molar-refractivity contribution in [2.45, 2.75) is 19.9 Å². The second kappa shape index (κ2) is 8.19. The van der Waals surface area contributed by atoms with E-state index < -0.39 is 17.7 Å². The Bertz CT molecular complexity index is 1430. The second-order valence-corrected chi connectivity index (χ2v) is 8.33. The van der Waals surface area contributed by atoms with E-state index in [1.807, 2.05) is 32.0 Å². The molecule has 5 rings (SSSR count). The number of amides is 1. The summed E-state index contributed by atoms with van der Waals surface area (Å²) in [5.41, 5.74) is 4.66. The Morgan fingerprint density at radius 1 is 1.00 bits per heavy atom. The van der Waals surface area contributed by atoms with Gasteiger partial charge in [0.15, 0.2) is 0 Å². The van der Waals surface area contributed by atoms with Gasteiger partial charge in [0.05, 0.1) is 29.8 Å². The van der Waals surface area contributed by atoms with Crippen molar-refractivity contribution in [1.82, 2.24) is 9.97 Å². The predicted molar refractivity (Wildman–Crippen MR) is 130 cm³/mol. The fourth-order valence-corrected chi connectivity index (χ4v) is 4.30. The van der Waals surface area contributed by atoms with Crippen LogP contribution in [0.25, 0.3) is 16.8 Å². The third-order valence-electron chi connectivity index (χ3n) is 6.21. The normalized spacial score (nSPS) is 17.5. The van der Waals surface area contributed by atoms with Crippen molar-refractivity contribution in [3.63, 3.8) is 0 Å². The number of carbonyl (C=O) groups excluding carboxylic acids is 2. The molecule has 1 amide bonds. The molecular formula is C27H23N3O4. The van der Waals surface area contributed by atoms with Crippen molar-refractivity contribution in [3.05, 3.63) is 94.6 Å². The van der Waals surface area contributed by atoms with Crippen molar-refractivity contribution in [2.24, 2.45) is 0 Å². The van der Waals surface area contributed by atoms with Gasteiger partial charge >= 0.3 is 5.91 Å². The van der Waals surface area contributed by atoms with E-state index in [0.29, 0.717) is 22.4 Å². The first-order chi connectivity index (χ1) is 16.4. The number of nitrogens with zero attached hydrogens (tertiary/aromatic N) is 2. The van der Waals surface area contributed by atoms with Crippen molar-refractivity contribution in [2.75, 3.05) is 12.0 Å². The lowest BCUT2D eigenvalue weighted by Crippen LogP contribution is -2.30. The van der Waals surface area contributed by atoms with Crippen molar-refractivity contribution in [3.8, 4) is 5.75 Å². The molecule has 4 aromatic rings. The van der Waals surface area contributed by atoms with Crippen LogP contribution in [0.15, 0.2) is 72.3 Å². The van der Waals surface area contributed by atoms with E-state index >= 15 is 0 Å². The number of hydrogen-bond donors (Lipinski definition) is 2. The summed E-state index contributed by atoms with van der Waals surface area (Å²) in [5.74, 6) is -0.974. The molecule has 1 atom stereocenters. The molecule has 0 spiro atoms. The summed E-state index contributed by atoms with van der Waals surface area (Å²) in [6, 6.07) is 18.8. The third-order valence-corrected chi connectivity index (χ3v) is 6.21. The minimum atomic E-state index is -0.891. The van der Waals surface area contributed by atoms with E-state index in [-0.39, 0.29) is 17.3 Å². The number of benzene rings is 3. The lowest BCUT2D eigenvalue weighted by atomic mass is 9.95. The zero-order valence-electron chi connectivity index (χ0n) is 19.0. The maximum atomic E-state index is 13.3. The van der Waals surface area contributed by atoms with Crippen LogP contribution >= 0.6 is 0 Å². The van der Waals surface area contributed by atoms with Gasteiger partial charge < -0.3 is 14.8 Å². The highest BCUT2D eigenvalue weighted by atomic mass is 16.5. The Morgan fingerprint density at radius 3 is 2.47 bits per heavy atom. The van der Waals surface area contributed by atoms with Crippen molar-refractivity contribution < 1.29 is 19.4 Å². The largest absolute Gasteiger partial charge is 0.507 e. The third kappa shape index (κ3) is 3.42. The van der Waals surface area contributed by atoms with Crippen LogP contribution in [-0.4, -0.2) is 33.9 Å². The number of aryl methyl sites for hydroxylation is 2. The highest BCUT2D eigenvalue weighted by Gasteiger charge is 2.48. The van der Waals surface area contributed by atoms with Gasteiger partial charge in [0.2, 0.25) is 5.95 Å². The molecule has 34 heavy (non-hydrogen) atoms. The summed E-state index contributed by atoms with van der Waals surface area (Å²) in [7, 11) is 1.55. The highest BCUT2D eigenvalue weighted by molar-refractivity contribution is 6.51. The number of aliphatic hydroxyl groups excluding tert-OH is 1. The van der Waals surface area contributed by atoms with Gasteiger partial charge in [-0.25, -0.2) is 4.98 Å². The number of aromatic nitrogens is 2. The highest BCUT2D eigenvalue weighted by Crippen LogP contribution is 2.42. The molecule has 1 fully saturated rings. The number of aromatic amines is 1. The molecule has 0 saturated carbocycles. The van der Waals surface area contributed by atoms with E-state index in [2.05, 4.69) is 9.97 Å². The Balaban J connectivity index is 1.75. The molecule has 1 saturated heterocycles. The van der Waals surface area contributed by atoms with E-state index in [4.69, 9.17) is 4.74 Å². The number of imidazole rings is 1. The SMILES string of the molecule is COc1cccc(C2/C(=C(\O)c3ccccc3)C(=O)C(=O)N2c2nc3cc(C)c(C)cc3[nH]2)c1. The molecular weight excluding hydrogens is 430 g/mol. The van der Waals surface area contributed by atoms with E-state index in [1.54, 1.807) is 55.6 Å². The van der Waals surface area contributed by atoms with Crippen molar-refractivity contribution >= 4 is 34.4 Å². The average Bonchev–Trinajstić information content (AvgIpc) is 3.37. The van der Waals surface area contributed by atoms with Crippen LogP contribution in [-0.2, 0) is 9.59 Å². The van der Waals surface area contributed by atoms with E-state index in [0.717, 1.165) is 16.6 Å². The molecule has 2 heterocycles. The summed E-state index contributed by atoms with van der Waals surface area (Å²) >= 11 is 0. The summed E-state index contributed by atoms with van der Waals surface area (Å²) in [6.45, 7) is 3.99. The fraction of sp³-hybridized carbons (Fsp3) is 0.148. The molecule has 2 N–H and O–H groups in total. The summed E-state index contributed by atoms with van der Waals surface area (Å²) in [4.78, 5) is 35.8. The number of H-pyrrole nitrogens is 1. The van der Waals surface area contributed by atoms with Gasteiger partial charge in [0.1, 0.15) is 11.5 Å². The van der Waals surface area contributed by atoms with E-state index in [9.17, 15) is 14.7 Å². The number of hydrogen-bond acceptors (Lipinski definition) is 5. The summed E-state index contributed by atoms with van der Waals surface area (Å²) in [6.07, 6.45) is 0. The number of nitrogens with one attached hydrogen (secondary N) is 1. The monoisotopic (exact) mass is 453 g/mol. The van der Waals surface area contributed by atoms with Crippen LogP contribution in [0.3, 0.4) is 0 Å². The van der Waals surface area contributed by atoms with Gasteiger partial charge in [-0.2, -0.15) is 0 Å². The predicted octanol–water partition coefficient (Wildman–Crippen LogP) is 4.81. The topological polar surface area (TPSA) is 95.5 Å². The zero-order valence-corrected chi connectivity index (χ0v) is 19.0. The number of rotatable bonds is 4. The standard InChI is InChI=1S/C27H23N3O4/c1-15-12-20-21(13-16(15)2)29-27(28-20)30-23(18-10-7-11-19(14-18)34-3)22(25(32)26(30)33)24(31)17-8-5-4-6-9-17/h4-14,23,31H,1-3H3,(H,28,29)/b24-22+. The Morgan fingerprint density at radius 2 is 1.74 bits per heavy atom. The Hall–Kier alpha value is -4.39.